The summed E-state index contributed by atoms with van der Waals surface area (Å²) in [4.78, 5) is 7.64. The van der Waals surface area contributed by atoms with Crippen LogP contribution in [-0.2, 0) is 12.8 Å². The van der Waals surface area contributed by atoms with E-state index >= 15 is 0 Å². The van der Waals surface area contributed by atoms with Crippen molar-refractivity contribution in [1.29, 1.82) is 0 Å². The minimum absolute atomic E-state index is 0.748. The molecule has 1 saturated heterocycles. The van der Waals surface area contributed by atoms with Crippen molar-refractivity contribution in [2.45, 2.75) is 51.0 Å². The number of nitrogens with one attached hydrogen (secondary N) is 1. The van der Waals surface area contributed by atoms with Crippen LogP contribution in [0.25, 0.3) is 10.9 Å². The highest BCUT2D eigenvalue weighted by atomic mass is 16.5. The molecule has 3 aliphatic rings. The third-order valence-electron chi connectivity index (χ3n) is 6.91. The van der Waals surface area contributed by atoms with Gasteiger partial charge in [-0.2, -0.15) is 0 Å². The van der Waals surface area contributed by atoms with Gasteiger partial charge in [-0.15, -0.1) is 0 Å². The zero-order valence-electron chi connectivity index (χ0n) is 17.1. The molecular formula is C23H31N3O2. The highest BCUT2D eigenvalue weighted by Crippen LogP contribution is 2.40. The first-order valence-electron chi connectivity index (χ1n) is 10.8. The molecule has 0 atom stereocenters. The first-order valence-corrected chi connectivity index (χ1v) is 10.8. The van der Waals surface area contributed by atoms with Crippen LogP contribution in [0.4, 0.5) is 5.69 Å². The van der Waals surface area contributed by atoms with Crippen molar-refractivity contribution in [3.63, 3.8) is 0 Å². The smallest absolute Gasteiger partial charge is 0.162 e. The van der Waals surface area contributed by atoms with Gasteiger partial charge in [-0.1, -0.05) is 12.8 Å². The molecule has 2 aliphatic carbocycles. The molecule has 2 heterocycles. The zero-order chi connectivity index (χ0) is 19.1. The maximum Gasteiger partial charge on any atom is 0.162 e. The van der Waals surface area contributed by atoms with Gasteiger partial charge >= 0.3 is 0 Å². The minimum Gasteiger partial charge on any atom is -0.493 e. The van der Waals surface area contributed by atoms with Crippen molar-refractivity contribution in [3.05, 3.63) is 23.4 Å². The summed E-state index contributed by atoms with van der Waals surface area (Å²) in [6.07, 6.45) is 9.05. The van der Waals surface area contributed by atoms with E-state index in [-0.39, 0.29) is 0 Å². The number of likely N-dealkylation sites (tertiary alicyclic amines) is 1. The third kappa shape index (κ3) is 3.10. The van der Waals surface area contributed by atoms with E-state index in [0.717, 1.165) is 53.7 Å². The van der Waals surface area contributed by atoms with Crippen LogP contribution >= 0.6 is 0 Å². The van der Waals surface area contributed by atoms with Crippen molar-refractivity contribution in [3.8, 4) is 11.5 Å². The Kier molecular flexibility index (Phi) is 4.79. The zero-order valence-corrected chi connectivity index (χ0v) is 17.1. The molecule has 150 valence electrons. The van der Waals surface area contributed by atoms with Crippen LogP contribution < -0.4 is 14.8 Å². The third-order valence-corrected chi connectivity index (χ3v) is 6.91. The average Bonchev–Trinajstić information content (AvgIpc) is 3.36. The summed E-state index contributed by atoms with van der Waals surface area (Å²) in [5.74, 6) is 2.27. The number of aromatic nitrogens is 1. The van der Waals surface area contributed by atoms with Crippen LogP contribution in [0.15, 0.2) is 12.1 Å². The molecule has 0 amide bonds. The second-order valence-corrected chi connectivity index (χ2v) is 8.63. The van der Waals surface area contributed by atoms with Crippen LogP contribution in [0, 0.1) is 5.92 Å². The van der Waals surface area contributed by atoms with Gasteiger partial charge in [0.15, 0.2) is 11.5 Å². The van der Waals surface area contributed by atoms with Crippen molar-refractivity contribution in [1.82, 2.24) is 9.88 Å². The summed E-state index contributed by atoms with van der Waals surface area (Å²) in [7, 11) is 3.38. The first-order chi connectivity index (χ1) is 13.8. The predicted octanol–water partition coefficient (Wildman–Crippen LogP) is 4.03. The summed E-state index contributed by atoms with van der Waals surface area (Å²) in [6.45, 7) is 3.54. The monoisotopic (exact) mass is 381 g/mol. The second-order valence-electron chi connectivity index (χ2n) is 8.63. The molecule has 28 heavy (non-hydrogen) atoms. The molecule has 1 aromatic heterocycles. The average molecular weight is 382 g/mol. The van der Waals surface area contributed by atoms with Crippen LogP contribution in [-0.4, -0.2) is 49.8 Å². The molecule has 5 heteroatoms. The first kappa shape index (κ1) is 18.0. The lowest BCUT2D eigenvalue weighted by molar-refractivity contribution is 0.0621. The SMILES string of the molecule is COc1cc2nc3c(c(NCC4CN(C5CCCC5)C4)c2cc1OC)CCC3. The van der Waals surface area contributed by atoms with E-state index in [1.165, 1.54) is 62.1 Å². The summed E-state index contributed by atoms with van der Waals surface area (Å²) < 4.78 is 11.1. The number of fused-ring (bicyclic) bond motifs is 2. The fourth-order valence-electron chi connectivity index (χ4n) is 5.34. The standard InChI is InChI=1S/C23H31N3O2/c1-27-21-10-18-20(11-22(21)28-2)25-19-9-5-8-17(19)23(18)24-12-15-13-26(14-15)16-6-3-4-7-16/h10-11,15-16H,3-9,12-14H2,1-2H3,(H,24,25). The Labute approximate surface area is 167 Å². The highest BCUT2D eigenvalue weighted by Gasteiger charge is 2.33. The van der Waals surface area contributed by atoms with E-state index < -0.39 is 0 Å². The van der Waals surface area contributed by atoms with Crippen LogP contribution in [0.5, 0.6) is 11.5 Å². The number of aryl methyl sites for hydroxylation is 1. The van der Waals surface area contributed by atoms with E-state index in [4.69, 9.17) is 14.5 Å². The number of rotatable bonds is 6. The number of nitrogens with zero attached hydrogens (tertiary/aromatic N) is 2. The number of hydrogen-bond donors (Lipinski definition) is 1. The second kappa shape index (κ2) is 7.43. The molecule has 5 nitrogen and oxygen atoms in total. The fraction of sp³-hybridized carbons (Fsp3) is 0.609. The van der Waals surface area contributed by atoms with E-state index in [0.29, 0.717) is 0 Å². The van der Waals surface area contributed by atoms with Gasteiger partial charge in [0.05, 0.1) is 19.7 Å². The Morgan fingerprint density at radius 3 is 2.54 bits per heavy atom. The summed E-state index contributed by atoms with van der Waals surface area (Å²) in [5, 5.41) is 4.98. The maximum absolute atomic E-state index is 5.56. The number of ether oxygens (including phenoxy) is 2. The Bertz CT molecular complexity index is 870. The Hall–Kier alpha value is -2.01. The number of benzene rings is 1. The lowest BCUT2D eigenvalue weighted by atomic mass is 9.96. The molecule has 1 aromatic carbocycles. The van der Waals surface area contributed by atoms with E-state index in [1.54, 1.807) is 14.2 Å². The van der Waals surface area contributed by atoms with Crippen LogP contribution in [0.1, 0.15) is 43.4 Å². The minimum atomic E-state index is 0.748. The van der Waals surface area contributed by atoms with Crippen LogP contribution in [0.3, 0.4) is 0 Å². The molecule has 0 bridgehead atoms. The van der Waals surface area contributed by atoms with Gasteiger partial charge in [-0.25, -0.2) is 0 Å². The Morgan fingerprint density at radius 1 is 1.04 bits per heavy atom. The molecule has 0 unspecified atom stereocenters. The summed E-state index contributed by atoms with van der Waals surface area (Å²) in [6, 6.07) is 4.97. The van der Waals surface area contributed by atoms with Crippen LogP contribution in [0.2, 0.25) is 0 Å². The molecule has 2 aromatic rings. The van der Waals surface area contributed by atoms with Crippen molar-refractivity contribution < 1.29 is 9.47 Å². The van der Waals surface area contributed by atoms with Gasteiger partial charge in [0, 0.05) is 54.4 Å². The van der Waals surface area contributed by atoms with E-state index in [9.17, 15) is 0 Å². The number of methoxy groups -OCH3 is 2. The normalized spacial score (nSPS) is 20.4. The fourth-order valence-corrected chi connectivity index (χ4v) is 5.34. The molecular weight excluding hydrogens is 350 g/mol. The van der Waals surface area contributed by atoms with Crippen molar-refractivity contribution in [2.75, 3.05) is 39.2 Å². The molecule has 1 N–H and O–H groups in total. The van der Waals surface area contributed by atoms with Gasteiger partial charge in [0.25, 0.3) is 0 Å². The lowest BCUT2D eigenvalue weighted by Gasteiger charge is -2.43. The number of pyridine rings is 1. The topological polar surface area (TPSA) is 46.6 Å². The highest BCUT2D eigenvalue weighted by molar-refractivity contribution is 5.96. The number of anilines is 1. The lowest BCUT2D eigenvalue weighted by Crippen LogP contribution is -2.53. The summed E-state index contributed by atoms with van der Waals surface area (Å²) in [5.41, 5.74) is 4.94. The molecule has 0 radical (unpaired) electrons. The molecule has 5 rings (SSSR count). The quantitative estimate of drug-likeness (QED) is 0.819. The van der Waals surface area contributed by atoms with Crippen molar-refractivity contribution in [2.24, 2.45) is 5.92 Å². The van der Waals surface area contributed by atoms with Crippen molar-refractivity contribution >= 4 is 16.6 Å². The van der Waals surface area contributed by atoms with E-state index in [1.807, 2.05) is 6.07 Å². The molecule has 1 aliphatic heterocycles. The largest absolute Gasteiger partial charge is 0.493 e. The van der Waals surface area contributed by atoms with Gasteiger partial charge in [0.2, 0.25) is 0 Å². The molecule has 0 spiro atoms. The van der Waals surface area contributed by atoms with Gasteiger partial charge in [0.1, 0.15) is 0 Å². The predicted molar refractivity (Wildman–Crippen MR) is 113 cm³/mol. The summed E-state index contributed by atoms with van der Waals surface area (Å²) >= 11 is 0. The van der Waals surface area contributed by atoms with Gasteiger partial charge in [-0.3, -0.25) is 9.88 Å². The van der Waals surface area contributed by atoms with E-state index in [2.05, 4.69) is 16.3 Å². The number of hydrogen-bond acceptors (Lipinski definition) is 5. The van der Waals surface area contributed by atoms with Gasteiger partial charge < -0.3 is 14.8 Å². The Morgan fingerprint density at radius 2 is 1.79 bits per heavy atom. The van der Waals surface area contributed by atoms with Gasteiger partial charge in [-0.05, 0) is 43.7 Å². The Balaban J connectivity index is 1.38. The molecule has 2 fully saturated rings. The molecule has 1 saturated carbocycles. The maximum atomic E-state index is 5.56.